The zero-order chi connectivity index (χ0) is 39.4. The molecule has 13 nitrogen and oxygen atoms in total. The van der Waals surface area contributed by atoms with E-state index in [0.29, 0.717) is 31.2 Å². The third kappa shape index (κ3) is 7.39. The normalized spacial score (nSPS) is 28.6. The van der Waals surface area contributed by atoms with Crippen molar-refractivity contribution >= 4 is 50.1 Å². The molecule has 3 saturated carbocycles. The number of thiazole rings is 1. The van der Waals surface area contributed by atoms with Gasteiger partial charge in [-0.3, -0.25) is 23.7 Å². The van der Waals surface area contributed by atoms with Gasteiger partial charge >= 0.3 is 0 Å². The summed E-state index contributed by atoms with van der Waals surface area (Å²) >= 11 is 1.64. The van der Waals surface area contributed by atoms with E-state index in [4.69, 9.17) is 20.4 Å². The van der Waals surface area contributed by atoms with E-state index in [9.17, 15) is 22.8 Å². The molecule has 3 aliphatic carbocycles. The molecule has 2 aromatic heterocycles. The molecule has 8 rings (SSSR count). The van der Waals surface area contributed by atoms with Gasteiger partial charge in [-0.15, -0.1) is 11.3 Å². The van der Waals surface area contributed by atoms with Crippen LogP contribution in [0.2, 0.25) is 0 Å². The molecular formula is C41H55N7O6S2. The summed E-state index contributed by atoms with van der Waals surface area (Å²) in [6, 6.07) is 4.67. The van der Waals surface area contributed by atoms with Gasteiger partial charge in [0.05, 0.1) is 28.5 Å². The van der Waals surface area contributed by atoms with Crippen LogP contribution in [-0.4, -0.2) is 80.6 Å². The molecule has 4 fully saturated rings. The van der Waals surface area contributed by atoms with Gasteiger partial charge in [0.15, 0.2) is 0 Å². The van der Waals surface area contributed by atoms with Gasteiger partial charge in [-0.2, -0.15) is 4.98 Å². The van der Waals surface area contributed by atoms with E-state index < -0.39 is 50.3 Å². The minimum Gasteiger partial charge on any atom is -0.459 e. The van der Waals surface area contributed by atoms with Crippen LogP contribution < -0.4 is 20.5 Å². The van der Waals surface area contributed by atoms with Crippen molar-refractivity contribution in [3.8, 4) is 16.6 Å². The number of carbonyl (C=O) groups excluding carboxylic acids is 3. The highest BCUT2D eigenvalue weighted by molar-refractivity contribution is 7.91. The summed E-state index contributed by atoms with van der Waals surface area (Å²) < 4.78 is 36.3. The molecule has 302 valence electrons. The number of nitrogens with one attached hydrogen (secondary N) is 2. The van der Waals surface area contributed by atoms with Crippen molar-refractivity contribution in [2.24, 2.45) is 11.7 Å². The lowest BCUT2D eigenvalue weighted by atomic mass is 9.87. The number of hydrogen-bond donors (Lipinski definition) is 3. The summed E-state index contributed by atoms with van der Waals surface area (Å²) in [5.74, 6) is -1.52. The van der Waals surface area contributed by atoms with Gasteiger partial charge in [-0.25, -0.2) is 13.4 Å². The molecule has 1 saturated heterocycles. The van der Waals surface area contributed by atoms with Crippen LogP contribution in [0.5, 0.6) is 6.01 Å². The van der Waals surface area contributed by atoms with E-state index >= 15 is 0 Å². The molecule has 0 radical (unpaired) electrons. The topological polar surface area (TPSA) is 179 Å². The molecule has 0 spiro atoms. The highest BCUT2D eigenvalue weighted by Gasteiger charge is 2.63. The first kappa shape index (κ1) is 39.0. The molecule has 3 aromatic rings. The lowest BCUT2D eigenvalue weighted by molar-refractivity contribution is -0.140. The van der Waals surface area contributed by atoms with Gasteiger partial charge in [0.1, 0.15) is 28.2 Å². The van der Waals surface area contributed by atoms with Crippen LogP contribution >= 0.6 is 11.3 Å². The maximum Gasteiger partial charge on any atom is 0.297 e. The minimum absolute atomic E-state index is 0.0167. The average molecular weight is 806 g/mol. The maximum atomic E-state index is 14.4. The zero-order valence-corrected chi connectivity index (χ0v) is 34.3. The molecule has 5 atom stereocenters. The molecule has 5 aliphatic rings. The fraction of sp³-hybridized carbons (Fsp3) is 0.634. The monoisotopic (exact) mass is 805 g/mol. The van der Waals surface area contributed by atoms with Crippen molar-refractivity contribution in [1.82, 2.24) is 29.5 Å². The number of fused-ring (bicyclic) bond motifs is 3. The quantitative estimate of drug-likeness (QED) is 0.235. The molecule has 4 N–H and O–H groups in total. The second-order valence-electron chi connectivity index (χ2n) is 17.3. The fourth-order valence-electron chi connectivity index (χ4n) is 8.84. The van der Waals surface area contributed by atoms with Crippen molar-refractivity contribution in [1.29, 1.82) is 0 Å². The van der Waals surface area contributed by atoms with E-state index in [1.807, 2.05) is 34.9 Å². The van der Waals surface area contributed by atoms with E-state index in [0.717, 1.165) is 53.0 Å². The van der Waals surface area contributed by atoms with Crippen molar-refractivity contribution in [2.75, 3.05) is 6.54 Å². The standard InChI is InChI=1S/C41H55N7O6S2/c1-25(2)48-32-18-12-16-29(36-43-31(24-55-36)26-13-8-7-9-14-26)34(32)44-39(48)54-28-21-33-35(49)45-41(38(51)46-56(52,53)40(3)19-20-40)22-27(41)15-10-5-4-6-11-17-30(42)37(50)47(33)23-28/h10,12,15-16,18,24-28,30,33H,4-9,11,13-14,17,19-23,42H2,1-3H3,(H,45,49)(H,46,51). The molecule has 15 heteroatoms. The van der Waals surface area contributed by atoms with E-state index in [2.05, 4.69) is 29.3 Å². The number of ether oxygens (including phenoxy) is 1. The second kappa shape index (κ2) is 15.2. The van der Waals surface area contributed by atoms with Gasteiger partial charge < -0.3 is 20.7 Å². The molecule has 4 heterocycles. The largest absolute Gasteiger partial charge is 0.459 e. The highest BCUT2D eigenvalue weighted by Crippen LogP contribution is 2.48. The first-order valence-electron chi connectivity index (χ1n) is 20.6. The lowest BCUT2D eigenvalue weighted by Crippen LogP contribution is -2.58. The summed E-state index contributed by atoms with van der Waals surface area (Å²) in [7, 11) is -3.94. The minimum atomic E-state index is -3.94. The van der Waals surface area contributed by atoms with Crippen LogP contribution in [0.4, 0.5) is 0 Å². The number of allylic oxidation sites excluding steroid dienone is 1. The Bertz CT molecular complexity index is 2140. The Hall–Kier alpha value is -3.82. The van der Waals surface area contributed by atoms with Crippen molar-refractivity contribution in [3.05, 3.63) is 41.4 Å². The van der Waals surface area contributed by atoms with Crippen molar-refractivity contribution < 1.29 is 27.5 Å². The number of nitrogens with zero attached hydrogens (tertiary/aromatic N) is 4. The molecule has 0 bridgehead atoms. The Balaban J connectivity index is 1.08. The van der Waals surface area contributed by atoms with Crippen molar-refractivity contribution in [2.45, 2.75) is 151 Å². The lowest BCUT2D eigenvalue weighted by Gasteiger charge is -2.28. The summed E-state index contributed by atoms with van der Waals surface area (Å²) in [6.45, 7) is 5.85. The van der Waals surface area contributed by atoms with Gasteiger partial charge in [0.2, 0.25) is 21.8 Å². The number of rotatable bonds is 8. The predicted molar refractivity (Wildman–Crippen MR) is 215 cm³/mol. The van der Waals surface area contributed by atoms with Crippen molar-refractivity contribution in [3.63, 3.8) is 0 Å². The number of carbonyl (C=O) groups is 3. The van der Waals surface area contributed by atoms with Crippen LogP contribution in [0.3, 0.4) is 0 Å². The summed E-state index contributed by atoms with van der Waals surface area (Å²) in [5.41, 5.74) is 8.82. The van der Waals surface area contributed by atoms with E-state index in [-0.39, 0.29) is 37.3 Å². The van der Waals surface area contributed by atoms with Crippen LogP contribution in [0.15, 0.2) is 35.7 Å². The zero-order valence-electron chi connectivity index (χ0n) is 32.7. The SMILES string of the molecule is CC(C)n1c(OC2CC3C(=O)NC4(C(=O)NS(=O)(=O)C5(C)CC5)CC4C=CCCCCCC(N)C(=O)N3C2)nc2c(-c3nc(C4CCCCC4)cs3)cccc21. The Kier molecular flexibility index (Phi) is 10.6. The second-order valence-corrected chi connectivity index (χ2v) is 20.3. The van der Waals surface area contributed by atoms with Crippen LogP contribution in [-0.2, 0) is 24.4 Å². The van der Waals surface area contributed by atoms with Gasteiger partial charge in [0.25, 0.3) is 11.9 Å². The summed E-state index contributed by atoms with van der Waals surface area (Å²) in [6.07, 6.45) is 14.5. The molecule has 1 aromatic carbocycles. The Morgan fingerprint density at radius 2 is 1.82 bits per heavy atom. The smallest absolute Gasteiger partial charge is 0.297 e. The number of sulfonamides is 1. The summed E-state index contributed by atoms with van der Waals surface area (Å²) in [5, 5.41) is 6.05. The number of hydrogen-bond acceptors (Lipinski definition) is 10. The third-order valence-electron chi connectivity index (χ3n) is 12.8. The van der Waals surface area contributed by atoms with E-state index in [1.165, 1.54) is 37.0 Å². The fourth-order valence-corrected chi connectivity index (χ4v) is 11.1. The number of aromatic nitrogens is 3. The van der Waals surface area contributed by atoms with Crippen LogP contribution in [0, 0.1) is 5.92 Å². The average Bonchev–Trinajstić information content (AvgIpc) is 3.84. The first-order chi connectivity index (χ1) is 26.8. The number of para-hydroxylation sites is 1. The third-order valence-corrected chi connectivity index (χ3v) is 15.8. The van der Waals surface area contributed by atoms with Crippen LogP contribution in [0.25, 0.3) is 21.6 Å². The maximum absolute atomic E-state index is 14.4. The molecule has 56 heavy (non-hydrogen) atoms. The first-order valence-corrected chi connectivity index (χ1v) is 22.9. The summed E-state index contributed by atoms with van der Waals surface area (Å²) in [4.78, 5) is 53.9. The number of amides is 3. The predicted octanol–water partition coefficient (Wildman–Crippen LogP) is 5.86. The molecular weight excluding hydrogens is 751 g/mol. The Labute approximate surface area is 333 Å². The van der Waals surface area contributed by atoms with Gasteiger partial charge in [-0.1, -0.05) is 50.3 Å². The van der Waals surface area contributed by atoms with Gasteiger partial charge in [-0.05, 0) is 84.3 Å². The Morgan fingerprint density at radius 3 is 2.57 bits per heavy atom. The number of benzene rings is 1. The number of imidazole rings is 1. The van der Waals surface area contributed by atoms with Crippen LogP contribution in [0.1, 0.15) is 128 Å². The molecule has 3 amide bonds. The molecule has 5 unspecified atom stereocenters. The van der Waals surface area contributed by atoms with Gasteiger partial charge in [0, 0.05) is 35.2 Å². The number of nitrogens with two attached hydrogens (primary N) is 1. The van der Waals surface area contributed by atoms with E-state index in [1.54, 1.807) is 18.3 Å². The highest BCUT2D eigenvalue weighted by atomic mass is 32.2. The molecule has 2 aliphatic heterocycles. The Morgan fingerprint density at radius 1 is 1.07 bits per heavy atom.